The summed E-state index contributed by atoms with van der Waals surface area (Å²) in [6.45, 7) is 1.94. The first-order valence-corrected chi connectivity index (χ1v) is 10.6. The van der Waals surface area contributed by atoms with Crippen molar-refractivity contribution >= 4 is 46.5 Å². The predicted molar refractivity (Wildman–Crippen MR) is 111 cm³/mol. The predicted octanol–water partition coefficient (Wildman–Crippen LogP) is 3.53. The van der Waals surface area contributed by atoms with Gasteiger partial charge in [0, 0.05) is 37.3 Å². The van der Waals surface area contributed by atoms with Crippen molar-refractivity contribution in [2.75, 3.05) is 24.5 Å². The lowest BCUT2D eigenvalue weighted by Crippen LogP contribution is -2.38. The third-order valence-corrected chi connectivity index (χ3v) is 6.12. The zero-order valence-electron chi connectivity index (χ0n) is 15.6. The van der Waals surface area contributed by atoms with Crippen LogP contribution in [0.15, 0.2) is 36.4 Å². The molecule has 0 radical (unpaired) electrons. The zero-order valence-corrected chi connectivity index (χ0v) is 17.2. The highest BCUT2D eigenvalue weighted by Crippen LogP contribution is 2.28. The topological polar surface area (TPSA) is 79.0 Å². The van der Waals surface area contributed by atoms with E-state index in [2.05, 4.69) is 5.32 Å². The van der Waals surface area contributed by atoms with Crippen LogP contribution in [0.1, 0.15) is 29.6 Å². The summed E-state index contributed by atoms with van der Waals surface area (Å²) in [4.78, 5) is 40.3. The third-order valence-electron chi connectivity index (χ3n) is 5.01. The lowest BCUT2D eigenvalue weighted by atomic mass is 10.1. The van der Waals surface area contributed by atoms with E-state index in [1.807, 2.05) is 4.90 Å². The molecule has 0 saturated carbocycles. The molecule has 1 N–H and O–H groups in total. The summed E-state index contributed by atoms with van der Waals surface area (Å²) >= 11 is 6.98. The van der Waals surface area contributed by atoms with Crippen LogP contribution in [0.4, 0.5) is 10.5 Å². The van der Waals surface area contributed by atoms with E-state index < -0.39 is 6.09 Å². The van der Waals surface area contributed by atoms with Gasteiger partial charge >= 0.3 is 6.09 Å². The monoisotopic (exact) mass is 433 g/mol. The van der Waals surface area contributed by atoms with E-state index in [1.54, 1.807) is 41.3 Å². The Bertz CT molecular complexity index is 924. The van der Waals surface area contributed by atoms with Gasteiger partial charge in [-0.05, 0) is 49.2 Å². The molecule has 2 fully saturated rings. The molecule has 1 aromatic heterocycles. The fourth-order valence-electron chi connectivity index (χ4n) is 3.58. The summed E-state index contributed by atoms with van der Waals surface area (Å²) in [6.07, 6.45) is 1.66. The van der Waals surface area contributed by atoms with Crippen molar-refractivity contribution in [3.8, 4) is 5.06 Å². The van der Waals surface area contributed by atoms with Gasteiger partial charge in [-0.1, -0.05) is 22.9 Å². The minimum Gasteiger partial charge on any atom is -0.399 e. The van der Waals surface area contributed by atoms with Gasteiger partial charge in [0.25, 0.3) is 5.91 Å². The number of anilines is 1. The standard InChI is InChI=1S/C20H20ClN3O4S/c21-16-7-8-18(29-16)28-20(27)22-14-11-17(25)24(12-14)15-5-3-13(4-6-15)19(26)23-9-1-2-10-23/h3-8,14H,1-2,9-12H2,(H,22,27)/t14-/m1/s1. The molecule has 2 aliphatic heterocycles. The van der Waals surface area contributed by atoms with Gasteiger partial charge in [-0.3, -0.25) is 9.59 Å². The van der Waals surface area contributed by atoms with Gasteiger partial charge in [0.15, 0.2) is 5.06 Å². The first kappa shape index (κ1) is 19.7. The second-order valence-corrected chi connectivity index (χ2v) is 8.72. The first-order chi connectivity index (χ1) is 14.0. The summed E-state index contributed by atoms with van der Waals surface area (Å²) < 4.78 is 5.71. The number of carbonyl (C=O) groups excluding carboxylic acids is 3. The summed E-state index contributed by atoms with van der Waals surface area (Å²) in [5.41, 5.74) is 1.32. The number of ether oxygens (including phenoxy) is 1. The van der Waals surface area contributed by atoms with Crippen LogP contribution in [-0.4, -0.2) is 48.5 Å². The molecule has 152 valence electrons. The number of hydrogen-bond donors (Lipinski definition) is 1. The maximum atomic E-state index is 12.4. The molecule has 3 amide bonds. The Morgan fingerprint density at radius 2 is 1.83 bits per heavy atom. The number of carbonyl (C=O) groups is 3. The van der Waals surface area contributed by atoms with E-state index in [-0.39, 0.29) is 24.3 Å². The average Bonchev–Trinajstić information content (AvgIpc) is 3.44. The van der Waals surface area contributed by atoms with Gasteiger partial charge in [0.05, 0.1) is 10.4 Å². The third kappa shape index (κ3) is 4.54. The number of hydrogen-bond acceptors (Lipinski definition) is 5. The van der Waals surface area contributed by atoms with Crippen molar-refractivity contribution < 1.29 is 19.1 Å². The van der Waals surface area contributed by atoms with Gasteiger partial charge in [0.1, 0.15) is 0 Å². The second-order valence-electron chi connectivity index (χ2n) is 7.04. The summed E-state index contributed by atoms with van der Waals surface area (Å²) in [5.74, 6) is -0.0640. The normalized spacial score (nSPS) is 18.9. The van der Waals surface area contributed by atoms with Crippen molar-refractivity contribution in [3.05, 3.63) is 46.3 Å². The molecular weight excluding hydrogens is 414 g/mol. The van der Waals surface area contributed by atoms with Crippen molar-refractivity contribution in [1.29, 1.82) is 0 Å². The number of nitrogens with one attached hydrogen (secondary N) is 1. The van der Waals surface area contributed by atoms with Crippen LogP contribution in [0, 0.1) is 0 Å². The fourth-order valence-corrected chi connectivity index (χ4v) is 4.45. The van der Waals surface area contributed by atoms with Crippen molar-refractivity contribution in [1.82, 2.24) is 10.2 Å². The van der Waals surface area contributed by atoms with Crippen molar-refractivity contribution in [2.24, 2.45) is 0 Å². The lowest BCUT2D eigenvalue weighted by Gasteiger charge is -2.19. The van der Waals surface area contributed by atoms with Gasteiger partial charge in [0.2, 0.25) is 5.91 Å². The number of nitrogens with zero attached hydrogens (tertiary/aromatic N) is 2. The Kier molecular flexibility index (Phi) is 5.73. The Morgan fingerprint density at radius 1 is 1.10 bits per heavy atom. The molecule has 9 heteroatoms. The Hall–Kier alpha value is -2.58. The highest BCUT2D eigenvalue weighted by molar-refractivity contribution is 7.17. The number of likely N-dealkylation sites (tertiary alicyclic amines) is 1. The quantitative estimate of drug-likeness (QED) is 0.799. The van der Waals surface area contributed by atoms with Crippen LogP contribution >= 0.6 is 22.9 Å². The molecule has 0 aliphatic carbocycles. The van der Waals surface area contributed by atoms with Crippen molar-refractivity contribution in [3.63, 3.8) is 0 Å². The highest BCUT2D eigenvalue weighted by atomic mass is 35.5. The Balaban J connectivity index is 1.35. The first-order valence-electron chi connectivity index (χ1n) is 9.43. The maximum absolute atomic E-state index is 12.4. The number of thiophene rings is 1. The number of rotatable bonds is 4. The molecule has 2 saturated heterocycles. The lowest BCUT2D eigenvalue weighted by molar-refractivity contribution is -0.117. The molecule has 2 aliphatic rings. The molecule has 0 spiro atoms. The van der Waals surface area contributed by atoms with Gasteiger partial charge in [-0.2, -0.15) is 0 Å². The van der Waals surface area contributed by atoms with Crippen LogP contribution < -0.4 is 15.0 Å². The summed E-state index contributed by atoms with van der Waals surface area (Å²) in [5, 5.41) is 3.11. The SMILES string of the molecule is O=C(N[C@@H]1CC(=O)N(c2ccc(C(=O)N3CCCC3)cc2)C1)Oc1ccc(Cl)s1. The molecule has 0 unspecified atom stereocenters. The number of halogens is 1. The van der Waals surface area contributed by atoms with E-state index in [1.165, 1.54) is 0 Å². The van der Waals surface area contributed by atoms with E-state index in [0.29, 0.717) is 27.2 Å². The molecule has 4 rings (SSSR count). The number of amides is 3. The van der Waals surface area contributed by atoms with Gasteiger partial charge < -0.3 is 19.9 Å². The molecule has 2 aromatic rings. The van der Waals surface area contributed by atoms with Crippen molar-refractivity contribution in [2.45, 2.75) is 25.3 Å². The molecule has 1 aromatic carbocycles. The maximum Gasteiger partial charge on any atom is 0.413 e. The van der Waals surface area contributed by atoms with Crippen LogP contribution in [-0.2, 0) is 4.79 Å². The van der Waals surface area contributed by atoms with E-state index in [0.717, 1.165) is 37.3 Å². The minimum atomic E-state index is -0.616. The Labute approximate surface area is 177 Å². The van der Waals surface area contributed by atoms with Gasteiger partial charge in [-0.25, -0.2) is 4.79 Å². The molecule has 3 heterocycles. The number of benzene rings is 1. The van der Waals surface area contributed by atoms with Crippen LogP contribution in [0.3, 0.4) is 0 Å². The average molecular weight is 434 g/mol. The summed E-state index contributed by atoms with van der Waals surface area (Å²) in [7, 11) is 0. The van der Waals surface area contributed by atoms with E-state index >= 15 is 0 Å². The summed E-state index contributed by atoms with van der Waals surface area (Å²) in [6, 6.07) is 9.96. The molecule has 1 atom stereocenters. The van der Waals surface area contributed by atoms with Crippen LogP contribution in [0.25, 0.3) is 0 Å². The van der Waals surface area contributed by atoms with Crippen LogP contribution in [0.5, 0.6) is 5.06 Å². The molecular formula is C20H20ClN3O4S. The Morgan fingerprint density at radius 3 is 2.48 bits per heavy atom. The minimum absolute atomic E-state index is 0.0257. The van der Waals surface area contributed by atoms with E-state index in [4.69, 9.17) is 16.3 Å². The van der Waals surface area contributed by atoms with Crippen LogP contribution in [0.2, 0.25) is 4.34 Å². The molecule has 7 nitrogen and oxygen atoms in total. The molecule has 0 bridgehead atoms. The second kappa shape index (κ2) is 8.42. The zero-order chi connectivity index (χ0) is 20.4. The molecule has 29 heavy (non-hydrogen) atoms. The van der Waals surface area contributed by atoms with Gasteiger partial charge in [-0.15, -0.1) is 0 Å². The fraction of sp³-hybridized carbons (Fsp3) is 0.350. The highest BCUT2D eigenvalue weighted by Gasteiger charge is 2.32. The smallest absolute Gasteiger partial charge is 0.399 e. The van der Waals surface area contributed by atoms with E-state index in [9.17, 15) is 14.4 Å². The largest absolute Gasteiger partial charge is 0.413 e.